The van der Waals surface area contributed by atoms with Crippen LogP contribution in [0.5, 0.6) is 0 Å². The Morgan fingerprint density at radius 2 is 2.04 bits per heavy atom. The third-order valence-corrected chi connectivity index (χ3v) is 4.14. The SMILES string of the molecule is O=C(NCCSCc1ccco1)c1cc(-c2ccccc2)on1. The van der Waals surface area contributed by atoms with Gasteiger partial charge in [-0.1, -0.05) is 35.5 Å². The van der Waals surface area contributed by atoms with Gasteiger partial charge in [-0.3, -0.25) is 4.79 Å². The second-order valence-corrected chi connectivity index (χ2v) is 5.94. The Morgan fingerprint density at radius 3 is 2.83 bits per heavy atom. The molecule has 3 aromatic rings. The van der Waals surface area contributed by atoms with E-state index < -0.39 is 0 Å². The van der Waals surface area contributed by atoms with E-state index in [1.54, 1.807) is 24.1 Å². The number of rotatable bonds is 7. The van der Waals surface area contributed by atoms with Gasteiger partial charge in [0.25, 0.3) is 5.91 Å². The summed E-state index contributed by atoms with van der Waals surface area (Å²) in [5.41, 5.74) is 1.19. The fraction of sp³-hybridized carbons (Fsp3) is 0.176. The molecule has 0 atom stereocenters. The molecule has 0 bridgehead atoms. The molecule has 0 unspecified atom stereocenters. The lowest BCUT2D eigenvalue weighted by Crippen LogP contribution is -2.25. The molecule has 1 amide bonds. The Bertz CT molecular complexity index is 738. The van der Waals surface area contributed by atoms with Crippen molar-refractivity contribution in [2.24, 2.45) is 0 Å². The minimum absolute atomic E-state index is 0.227. The van der Waals surface area contributed by atoms with Gasteiger partial charge in [0.15, 0.2) is 11.5 Å². The van der Waals surface area contributed by atoms with Crippen molar-refractivity contribution in [2.45, 2.75) is 5.75 Å². The smallest absolute Gasteiger partial charge is 0.273 e. The molecule has 1 aromatic carbocycles. The van der Waals surface area contributed by atoms with Crippen molar-refractivity contribution in [2.75, 3.05) is 12.3 Å². The van der Waals surface area contributed by atoms with E-state index in [-0.39, 0.29) is 5.91 Å². The van der Waals surface area contributed by atoms with E-state index in [1.807, 2.05) is 42.5 Å². The van der Waals surface area contributed by atoms with Crippen molar-refractivity contribution < 1.29 is 13.7 Å². The highest BCUT2D eigenvalue weighted by Crippen LogP contribution is 2.19. The molecule has 23 heavy (non-hydrogen) atoms. The van der Waals surface area contributed by atoms with E-state index in [0.717, 1.165) is 22.8 Å². The summed E-state index contributed by atoms with van der Waals surface area (Å²) in [6.07, 6.45) is 1.66. The van der Waals surface area contributed by atoms with Crippen molar-refractivity contribution in [1.82, 2.24) is 10.5 Å². The highest BCUT2D eigenvalue weighted by Gasteiger charge is 2.12. The number of amides is 1. The second-order valence-electron chi connectivity index (χ2n) is 4.83. The Balaban J connectivity index is 1.44. The summed E-state index contributed by atoms with van der Waals surface area (Å²) in [4.78, 5) is 12.0. The predicted molar refractivity (Wildman–Crippen MR) is 89.1 cm³/mol. The first-order valence-electron chi connectivity index (χ1n) is 7.23. The molecule has 0 spiro atoms. The summed E-state index contributed by atoms with van der Waals surface area (Å²) in [5.74, 6) is 2.89. The van der Waals surface area contributed by atoms with Gasteiger partial charge in [0.05, 0.1) is 12.0 Å². The van der Waals surface area contributed by atoms with Crippen LogP contribution in [0.4, 0.5) is 0 Å². The molecule has 0 radical (unpaired) electrons. The summed E-state index contributed by atoms with van der Waals surface area (Å²) in [5, 5.41) is 6.65. The largest absolute Gasteiger partial charge is 0.468 e. The van der Waals surface area contributed by atoms with Gasteiger partial charge >= 0.3 is 0 Å². The van der Waals surface area contributed by atoms with Crippen LogP contribution in [0.3, 0.4) is 0 Å². The van der Waals surface area contributed by atoms with Crippen LogP contribution in [0, 0.1) is 0 Å². The fourth-order valence-electron chi connectivity index (χ4n) is 2.02. The van der Waals surface area contributed by atoms with Crippen molar-refractivity contribution in [3.05, 3.63) is 66.2 Å². The molecule has 5 nitrogen and oxygen atoms in total. The normalized spacial score (nSPS) is 10.6. The van der Waals surface area contributed by atoms with E-state index in [0.29, 0.717) is 18.0 Å². The molecule has 3 rings (SSSR count). The molecule has 6 heteroatoms. The Morgan fingerprint density at radius 1 is 1.17 bits per heavy atom. The van der Waals surface area contributed by atoms with Crippen molar-refractivity contribution in [3.63, 3.8) is 0 Å². The van der Waals surface area contributed by atoms with Gasteiger partial charge in [-0.15, -0.1) is 0 Å². The first-order chi connectivity index (χ1) is 11.3. The third kappa shape index (κ3) is 4.26. The van der Waals surface area contributed by atoms with Crippen LogP contribution in [-0.4, -0.2) is 23.4 Å². The number of furan rings is 1. The predicted octanol–water partition coefficient (Wildman–Crippen LogP) is 3.60. The van der Waals surface area contributed by atoms with Crippen molar-refractivity contribution in [1.29, 1.82) is 0 Å². The Kier molecular flexibility index (Phi) is 5.16. The maximum atomic E-state index is 12.0. The molecule has 0 saturated carbocycles. The number of hydrogen-bond acceptors (Lipinski definition) is 5. The number of benzene rings is 1. The Hall–Kier alpha value is -2.47. The first kappa shape index (κ1) is 15.4. The highest BCUT2D eigenvalue weighted by molar-refractivity contribution is 7.98. The monoisotopic (exact) mass is 328 g/mol. The molecular formula is C17H16N2O3S. The third-order valence-electron chi connectivity index (χ3n) is 3.16. The van der Waals surface area contributed by atoms with Crippen LogP contribution >= 0.6 is 11.8 Å². The van der Waals surface area contributed by atoms with E-state index in [4.69, 9.17) is 8.94 Å². The molecule has 2 aromatic heterocycles. The quantitative estimate of drug-likeness (QED) is 0.671. The molecule has 0 saturated heterocycles. The number of carbonyl (C=O) groups is 1. The first-order valence-corrected chi connectivity index (χ1v) is 8.39. The molecule has 0 fully saturated rings. The summed E-state index contributed by atoms with van der Waals surface area (Å²) in [7, 11) is 0. The van der Waals surface area contributed by atoms with Gasteiger partial charge in [0.2, 0.25) is 0 Å². The van der Waals surface area contributed by atoms with Gasteiger partial charge in [0, 0.05) is 23.9 Å². The summed E-state index contributed by atoms with van der Waals surface area (Å²) < 4.78 is 10.5. The number of nitrogens with one attached hydrogen (secondary N) is 1. The van der Waals surface area contributed by atoms with Crippen LogP contribution in [0.15, 0.2) is 63.7 Å². The summed E-state index contributed by atoms with van der Waals surface area (Å²) in [6.45, 7) is 0.567. The molecule has 2 heterocycles. The number of carbonyl (C=O) groups excluding carboxylic acids is 1. The molecule has 0 aliphatic heterocycles. The maximum absolute atomic E-state index is 12.0. The van der Waals surface area contributed by atoms with Crippen LogP contribution in [0.25, 0.3) is 11.3 Å². The van der Waals surface area contributed by atoms with Crippen LogP contribution in [0.1, 0.15) is 16.2 Å². The van der Waals surface area contributed by atoms with Crippen LogP contribution < -0.4 is 5.32 Å². The maximum Gasteiger partial charge on any atom is 0.273 e. The average molecular weight is 328 g/mol. The van der Waals surface area contributed by atoms with Crippen LogP contribution in [-0.2, 0) is 5.75 Å². The summed E-state index contributed by atoms with van der Waals surface area (Å²) >= 11 is 1.70. The second kappa shape index (κ2) is 7.69. The van der Waals surface area contributed by atoms with Gasteiger partial charge in [-0.05, 0) is 12.1 Å². The Labute approximate surface area is 138 Å². The lowest BCUT2D eigenvalue weighted by Gasteiger charge is -2.01. The average Bonchev–Trinajstić information content (AvgIpc) is 3.27. The minimum atomic E-state index is -0.227. The number of hydrogen-bond donors (Lipinski definition) is 1. The minimum Gasteiger partial charge on any atom is -0.468 e. The molecule has 1 N–H and O–H groups in total. The van der Waals surface area contributed by atoms with E-state index >= 15 is 0 Å². The van der Waals surface area contributed by atoms with Gasteiger partial charge in [-0.25, -0.2) is 0 Å². The molecule has 118 valence electrons. The molecule has 0 aliphatic carbocycles. The number of aromatic nitrogens is 1. The van der Waals surface area contributed by atoms with E-state index in [2.05, 4.69) is 10.5 Å². The zero-order valence-electron chi connectivity index (χ0n) is 12.4. The van der Waals surface area contributed by atoms with Crippen molar-refractivity contribution >= 4 is 17.7 Å². The summed E-state index contributed by atoms with van der Waals surface area (Å²) in [6, 6.07) is 15.0. The topological polar surface area (TPSA) is 68.3 Å². The lowest BCUT2D eigenvalue weighted by molar-refractivity contribution is 0.0947. The molecular weight excluding hydrogens is 312 g/mol. The zero-order chi connectivity index (χ0) is 15.9. The molecule has 0 aliphatic rings. The number of nitrogens with zero attached hydrogens (tertiary/aromatic N) is 1. The highest BCUT2D eigenvalue weighted by atomic mass is 32.2. The van der Waals surface area contributed by atoms with E-state index in [1.165, 1.54) is 0 Å². The number of thioether (sulfide) groups is 1. The van der Waals surface area contributed by atoms with Gasteiger partial charge in [-0.2, -0.15) is 11.8 Å². The fourth-order valence-corrected chi connectivity index (χ4v) is 2.77. The van der Waals surface area contributed by atoms with Gasteiger partial charge in [0.1, 0.15) is 5.76 Å². The van der Waals surface area contributed by atoms with Crippen molar-refractivity contribution in [3.8, 4) is 11.3 Å². The zero-order valence-corrected chi connectivity index (χ0v) is 13.2. The van der Waals surface area contributed by atoms with E-state index in [9.17, 15) is 4.79 Å². The van der Waals surface area contributed by atoms with Gasteiger partial charge < -0.3 is 14.3 Å². The standard InChI is InChI=1S/C17H16N2O3S/c20-17(18-8-10-23-12-14-7-4-9-21-14)15-11-16(22-19-15)13-5-2-1-3-6-13/h1-7,9,11H,8,10,12H2,(H,18,20). The lowest BCUT2D eigenvalue weighted by atomic mass is 10.1. The van der Waals surface area contributed by atoms with Crippen LogP contribution in [0.2, 0.25) is 0 Å².